The summed E-state index contributed by atoms with van der Waals surface area (Å²) in [6.07, 6.45) is 0. The van der Waals surface area contributed by atoms with Crippen LogP contribution in [0.25, 0.3) is 65.7 Å². The molecule has 1 aliphatic rings. The number of nitrogens with zero attached hydrogens (tertiary/aromatic N) is 1. The molecular weight excluding hydrogens is 518 g/mol. The fourth-order valence-corrected chi connectivity index (χ4v) is 7.04. The lowest BCUT2D eigenvalue weighted by Crippen LogP contribution is -2.11. The van der Waals surface area contributed by atoms with Crippen molar-refractivity contribution in [2.75, 3.05) is 4.90 Å². The quantitative estimate of drug-likeness (QED) is 0.199. The van der Waals surface area contributed by atoms with Gasteiger partial charge in [-0.15, -0.1) is 0 Å². The zero-order valence-electron chi connectivity index (χ0n) is 23.5. The molecule has 0 atom stereocenters. The van der Waals surface area contributed by atoms with Gasteiger partial charge < -0.3 is 4.90 Å². The van der Waals surface area contributed by atoms with Crippen LogP contribution in [0.4, 0.5) is 17.1 Å². The average Bonchev–Trinajstić information content (AvgIpc) is 3.40. The number of fused-ring (bicyclic) bond motifs is 6. The van der Waals surface area contributed by atoms with Crippen molar-refractivity contribution in [3.8, 4) is 33.4 Å². The molecule has 0 fully saturated rings. The first-order valence-electron chi connectivity index (χ1n) is 14.9. The average molecular weight is 546 g/mol. The molecule has 0 saturated heterocycles. The van der Waals surface area contributed by atoms with E-state index in [1.807, 2.05) is 0 Å². The van der Waals surface area contributed by atoms with Gasteiger partial charge in [-0.25, -0.2) is 0 Å². The molecule has 0 saturated carbocycles. The summed E-state index contributed by atoms with van der Waals surface area (Å²) in [5.74, 6) is 0. The first-order chi connectivity index (χ1) is 21.3. The highest BCUT2D eigenvalue weighted by atomic mass is 15.1. The van der Waals surface area contributed by atoms with Gasteiger partial charge in [-0.2, -0.15) is 0 Å². The van der Waals surface area contributed by atoms with Crippen LogP contribution in [0, 0.1) is 0 Å². The Balaban J connectivity index is 1.36. The second-order valence-electron chi connectivity index (χ2n) is 11.3. The first kappa shape index (κ1) is 24.0. The van der Waals surface area contributed by atoms with Crippen molar-refractivity contribution in [2.24, 2.45) is 0 Å². The minimum Gasteiger partial charge on any atom is -0.309 e. The summed E-state index contributed by atoms with van der Waals surface area (Å²) in [7, 11) is 0. The lowest BCUT2D eigenvalue weighted by Gasteiger charge is -2.29. The molecule has 0 heterocycles. The van der Waals surface area contributed by atoms with E-state index in [0.717, 1.165) is 11.4 Å². The van der Waals surface area contributed by atoms with Crippen LogP contribution in [-0.2, 0) is 0 Å². The molecule has 200 valence electrons. The maximum Gasteiger partial charge on any atom is 0.0619 e. The number of benzene rings is 8. The zero-order chi connectivity index (χ0) is 28.3. The van der Waals surface area contributed by atoms with Crippen LogP contribution in [-0.4, -0.2) is 0 Å². The summed E-state index contributed by atoms with van der Waals surface area (Å²) in [5.41, 5.74) is 11.2. The zero-order valence-corrected chi connectivity index (χ0v) is 23.5. The van der Waals surface area contributed by atoms with Crippen LogP contribution >= 0.6 is 0 Å². The molecule has 1 heteroatoms. The molecule has 0 unspecified atom stereocenters. The number of para-hydroxylation sites is 1. The molecule has 0 N–H and O–H groups in total. The highest BCUT2D eigenvalue weighted by Gasteiger charge is 2.28. The van der Waals surface area contributed by atoms with E-state index in [-0.39, 0.29) is 0 Å². The molecule has 0 amide bonds. The van der Waals surface area contributed by atoms with Crippen molar-refractivity contribution < 1.29 is 0 Å². The lowest BCUT2D eigenvalue weighted by atomic mass is 9.92. The maximum atomic E-state index is 2.44. The number of anilines is 3. The Morgan fingerprint density at radius 2 is 0.907 bits per heavy atom. The van der Waals surface area contributed by atoms with Crippen LogP contribution in [0.3, 0.4) is 0 Å². The summed E-state index contributed by atoms with van der Waals surface area (Å²) in [6, 6.07) is 59.6. The Kier molecular flexibility index (Phi) is 5.27. The third kappa shape index (κ3) is 3.65. The van der Waals surface area contributed by atoms with Crippen molar-refractivity contribution in [1.29, 1.82) is 0 Å². The predicted molar refractivity (Wildman–Crippen MR) is 184 cm³/mol. The van der Waals surface area contributed by atoms with E-state index < -0.39 is 0 Å². The summed E-state index contributed by atoms with van der Waals surface area (Å²) < 4.78 is 0. The minimum absolute atomic E-state index is 1.14. The van der Waals surface area contributed by atoms with Crippen molar-refractivity contribution in [3.63, 3.8) is 0 Å². The summed E-state index contributed by atoms with van der Waals surface area (Å²) >= 11 is 0. The van der Waals surface area contributed by atoms with Gasteiger partial charge in [0.2, 0.25) is 0 Å². The van der Waals surface area contributed by atoms with Gasteiger partial charge in [-0.3, -0.25) is 0 Å². The van der Waals surface area contributed by atoms with Crippen molar-refractivity contribution in [1.82, 2.24) is 0 Å². The second kappa shape index (κ2) is 9.44. The van der Waals surface area contributed by atoms with Gasteiger partial charge in [0.05, 0.1) is 5.69 Å². The van der Waals surface area contributed by atoms with Gasteiger partial charge in [0.1, 0.15) is 0 Å². The molecule has 0 aromatic heterocycles. The smallest absolute Gasteiger partial charge is 0.0619 e. The van der Waals surface area contributed by atoms with Gasteiger partial charge in [0, 0.05) is 27.5 Å². The predicted octanol–water partition coefficient (Wildman–Crippen LogP) is 11.9. The number of rotatable bonds is 4. The number of hydrogen-bond donors (Lipinski definition) is 0. The van der Waals surface area contributed by atoms with Gasteiger partial charge in [-0.1, -0.05) is 127 Å². The molecule has 1 aliphatic carbocycles. The molecule has 8 aromatic rings. The van der Waals surface area contributed by atoms with E-state index >= 15 is 0 Å². The largest absolute Gasteiger partial charge is 0.309 e. The normalized spacial score (nSPS) is 11.7. The van der Waals surface area contributed by atoms with Crippen LogP contribution in [0.5, 0.6) is 0 Å². The number of hydrogen-bond acceptors (Lipinski definition) is 1. The molecule has 8 aromatic carbocycles. The van der Waals surface area contributed by atoms with E-state index in [1.165, 1.54) is 71.4 Å². The van der Waals surface area contributed by atoms with Gasteiger partial charge >= 0.3 is 0 Å². The topological polar surface area (TPSA) is 3.24 Å². The van der Waals surface area contributed by atoms with E-state index in [9.17, 15) is 0 Å². The lowest BCUT2D eigenvalue weighted by molar-refractivity contribution is 1.31. The van der Waals surface area contributed by atoms with Crippen LogP contribution in [0.2, 0.25) is 0 Å². The van der Waals surface area contributed by atoms with E-state index in [4.69, 9.17) is 0 Å². The minimum atomic E-state index is 1.14. The molecule has 43 heavy (non-hydrogen) atoms. The van der Waals surface area contributed by atoms with Crippen molar-refractivity contribution in [2.45, 2.75) is 0 Å². The molecule has 0 spiro atoms. The summed E-state index contributed by atoms with van der Waals surface area (Å²) in [4.78, 5) is 2.44. The van der Waals surface area contributed by atoms with E-state index in [2.05, 4.69) is 169 Å². The molecular formula is C42H27N. The third-order valence-electron chi connectivity index (χ3n) is 8.94. The van der Waals surface area contributed by atoms with Crippen molar-refractivity contribution in [3.05, 3.63) is 164 Å². The molecule has 0 radical (unpaired) electrons. The molecule has 0 bridgehead atoms. The van der Waals surface area contributed by atoms with Gasteiger partial charge in [-0.05, 0) is 85.9 Å². The van der Waals surface area contributed by atoms with E-state index in [1.54, 1.807) is 0 Å². The Bertz CT molecular complexity index is 2320. The van der Waals surface area contributed by atoms with Crippen molar-refractivity contribution >= 4 is 49.4 Å². The highest BCUT2D eigenvalue weighted by molar-refractivity contribution is 6.30. The fourth-order valence-electron chi connectivity index (χ4n) is 7.04. The Hall–Kier alpha value is -5.66. The molecule has 1 nitrogen and oxygen atoms in total. The van der Waals surface area contributed by atoms with Crippen LogP contribution in [0.15, 0.2) is 164 Å². The first-order valence-corrected chi connectivity index (χ1v) is 14.9. The highest BCUT2D eigenvalue weighted by Crippen LogP contribution is 2.56. The SMILES string of the molecule is c1ccc(-c2ccc(N(c3ccccc3)c3c4ccccc4c4c5c(cccc35)-c3cc5ccccc5cc3-4)cc2)cc1. The van der Waals surface area contributed by atoms with E-state index in [0.29, 0.717) is 0 Å². The Labute approximate surface area is 250 Å². The van der Waals surface area contributed by atoms with Gasteiger partial charge in [0.15, 0.2) is 0 Å². The van der Waals surface area contributed by atoms with Crippen LogP contribution < -0.4 is 4.90 Å². The Morgan fingerprint density at radius 1 is 0.349 bits per heavy atom. The standard InChI is InChI=1S/C42H27N/c1-3-12-28(13-4-1)29-22-24-33(25-23-29)43(32-16-5-2-6-17-32)42-36-19-10-9-18-34(36)41-39-27-31-15-8-7-14-30(31)26-38(39)35-20-11-21-37(42)40(35)41/h1-27H. The third-order valence-corrected chi connectivity index (χ3v) is 8.94. The Morgan fingerprint density at radius 3 is 1.65 bits per heavy atom. The second-order valence-corrected chi connectivity index (χ2v) is 11.3. The van der Waals surface area contributed by atoms with Crippen LogP contribution in [0.1, 0.15) is 0 Å². The fraction of sp³-hybridized carbons (Fsp3) is 0. The monoisotopic (exact) mass is 545 g/mol. The summed E-state index contributed by atoms with van der Waals surface area (Å²) in [5, 5.41) is 7.69. The molecule has 9 rings (SSSR count). The van der Waals surface area contributed by atoms with Gasteiger partial charge in [0.25, 0.3) is 0 Å². The summed E-state index contributed by atoms with van der Waals surface area (Å²) in [6.45, 7) is 0. The maximum absolute atomic E-state index is 2.44. The molecule has 0 aliphatic heterocycles.